The molecule has 0 aromatic heterocycles. The van der Waals surface area contributed by atoms with E-state index in [0.29, 0.717) is 68.1 Å². The molecule has 0 aliphatic carbocycles. The highest BCUT2D eigenvalue weighted by Crippen LogP contribution is 2.48. The number of ether oxygens (including phenoxy) is 7. The van der Waals surface area contributed by atoms with Crippen molar-refractivity contribution in [2.45, 2.75) is 13.0 Å². The van der Waals surface area contributed by atoms with Crippen LogP contribution in [0.5, 0.6) is 40.2 Å². The van der Waals surface area contributed by atoms with Crippen LogP contribution in [0.3, 0.4) is 0 Å². The molecule has 2 heterocycles. The number of carboxylic acid groups (broad SMARTS) is 2. The molecule has 2 aliphatic heterocycles. The summed E-state index contributed by atoms with van der Waals surface area (Å²) in [4.78, 5) is 24.4. The number of carbonyl (C=O) groups is 2. The Hall–Kier alpha value is -5.84. The van der Waals surface area contributed by atoms with Crippen LogP contribution in [-0.4, -0.2) is 50.0 Å². The molecule has 0 fully saturated rings. The normalized spacial score (nSPS) is 13.0. The van der Waals surface area contributed by atoms with E-state index in [2.05, 4.69) is 0 Å². The van der Waals surface area contributed by atoms with Crippen molar-refractivity contribution < 1.29 is 53.0 Å². The van der Waals surface area contributed by atoms with Gasteiger partial charge in [0.05, 0.1) is 19.8 Å². The number of carboxylic acids is 2. The van der Waals surface area contributed by atoms with Crippen molar-refractivity contribution in [1.82, 2.24) is 0 Å². The van der Waals surface area contributed by atoms with Crippen LogP contribution in [0, 0.1) is 0 Å². The minimum Gasteiger partial charge on any atom is -0.497 e. The maximum atomic E-state index is 12.6. The Morgan fingerprint density at radius 2 is 1.56 bits per heavy atom. The second-order valence-corrected chi connectivity index (χ2v) is 10.0. The van der Waals surface area contributed by atoms with E-state index in [-0.39, 0.29) is 37.8 Å². The summed E-state index contributed by atoms with van der Waals surface area (Å²) in [6, 6.07) is 18.6. The lowest BCUT2D eigenvalue weighted by Gasteiger charge is -2.18. The van der Waals surface area contributed by atoms with E-state index in [0.717, 1.165) is 0 Å². The molecule has 4 aromatic carbocycles. The third-order valence-electron chi connectivity index (χ3n) is 7.42. The molecule has 2 N–H and O–H groups in total. The number of hydrogen-bond donors (Lipinski definition) is 2. The highest BCUT2D eigenvalue weighted by molar-refractivity contribution is 5.96. The third kappa shape index (κ3) is 5.87. The minimum absolute atomic E-state index is 0.0149. The van der Waals surface area contributed by atoms with Crippen LogP contribution < -0.4 is 33.2 Å². The SMILES string of the molecule is COc1ccc(-c2c(C=C(Cc3cc4c(cc3OC)OCO4)C(=O)O)ccc3c2OCO3)c(OCc2ccccc2C(=O)O)c1. The number of aromatic carboxylic acids is 1. The van der Waals surface area contributed by atoms with Gasteiger partial charge in [-0.05, 0) is 42.0 Å². The number of hydrogen-bond acceptors (Lipinski definition) is 9. The Kier molecular flexibility index (Phi) is 8.06. The second-order valence-electron chi connectivity index (χ2n) is 10.0. The Morgan fingerprint density at radius 3 is 2.31 bits per heavy atom. The summed E-state index contributed by atoms with van der Waals surface area (Å²) in [6.07, 6.45) is 1.58. The van der Waals surface area contributed by atoms with Crippen LogP contribution in [0.2, 0.25) is 0 Å². The number of benzene rings is 4. The molecule has 4 aromatic rings. The van der Waals surface area contributed by atoms with Crippen molar-refractivity contribution in [3.8, 4) is 51.4 Å². The Morgan fingerprint density at radius 1 is 0.800 bits per heavy atom. The fourth-order valence-electron chi connectivity index (χ4n) is 5.23. The fourth-order valence-corrected chi connectivity index (χ4v) is 5.23. The van der Waals surface area contributed by atoms with Crippen LogP contribution in [-0.2, 0) is 17.8 Å². The lowest BCUT2D eigenvalue weighted by Crippen LogP contribution is -2.06. The summed E-state index contributed by atoms with van der Waals surface area (Å²) in [6.45, 7) is -0.00320. The molecule has 11 heteroatoms. The average Bonchev–Trinajstić information content (AvgIpc) is 3.72. The van der Waals surface area contributed by atoms with E-state index in [1.807, 2.05) is 0 Å². The zero-order valence-electron chi connectivity index (χ0n) is 24.3. The van der Waals surface area contributed by atoms with Crippen molar-refractivity contribution in [2.75, 3.05) is 27.8 Å². The van der Waals surface area contributed by atoms with Gasteiger partial charge in [0.2, 0.25) is 13.6 Å². The highest BCUT2D eigenvalue weighted by Gasteiger charge is 2.26. The lowest BCUT2D eigenvalue weighted by molar-refractivity contribution is -0.132. The van der Waals surface area contributed by atoms with Gasteiger partial charge in [-0.25, -0.2) is 9.59 Å². The zero-order valence-corrected chi connectivity index (χ0v) is 24.3. The number of rotatable bonds is 11. The maximum Gasteiger partial charge on any atom is 0.336 e. The first kappa shape index (κ1) is 29.2. The van der Waals surface area contributed by atoms with Crippen molar-refractivity contribution in [2.24, 2.45) is 0 Å². The topological polar surface area (TPSA) is 139 Å². The summed E-state index contributed by atoms with van der Waals surface area (Å²) in [5.74, 6) is 1.05. The summed E-state index contributed by atoms with van der Waals surface area (Å²) in [7, 11) is 3.02. The number of fused-ring (bicyclic) bond motifs is 2. The van der Waals surface area contributed by atoms with Crippen molar-refractivity contribution in [3.05, 3.63) is 94.6 Å². The first-order chi connectivity index (χ1) is 21.9. The van der Waals surface area contributed by atoms with Crippen LogP contribution in [0.25, 0.3) is 17.2 Å². The molecular formula is C34H28O11. The largest absolute Gasteiger partial charge is 0.497 e. The first-order valence-electron chi connectivity index (χ1n) is 13.8. The second kappa shape index (κ2) is 12.4. The van der Waals surface area contributed by atoms with Gasteiger partial charge >= 0.3 is 11.9 Å². The van der Waals surface area contributed by atoms with E-state index in [1.54, 1.807) is 66.7 Å². The van der Waals surface area contributed by atoms with Gasteiger partial charge < -0.3 is 43.4 Å². The Bertz CT molecular complexity index is 1830. The molecular weight excluding hydrogens is 584 g/mol. The summed E-state index contributed by atoms with van der Waals surface area (Å²) in [5.41, 5.74) is 2.88. The minimum atomic E-state index is -1.13. The third-order valence-corrected chi connectivity index (χ3v) is 7.42. The van der Waals surface area contributed by atoms with Gasteiger partial charge in [0.1, 0.15) is 23.9 Å². The number of aliphatic carboxylic acids is 1. The highest BCUT2D eigenvalue weighted by atomic mass is 16.7. The molecule has 0 bridgehead atoms. The van der Waals surface area contributed by atoms with Crippen LogP contribution >= 0.6 is 0 Å². The molecule has 0 saturated carbocycles. The Balaban J connectivity index is 1.44. The van der Waals surface area contributed by atoms with E-state index in [4.69, 9.17) is 33.2 Å². The average molecular weight is 613 g/mol. The van der Waals surface area contributed by atoms with Gasteiger partial charge in [-0.2, -0.15) is 0 Å². The molecule has 0 amide bonds. The van der Waals surface area contributed by atoms with Crippen molar-refractivity contribution in [1.29, 1.82) is 0 Å². The van der Waals surface area contributed by atoms with E-state index >= 15 is 0 Å². The molecule has 6 rings (SSSR count). The van der Waals surface area contributed by atoms with Gasteiger partial charge in [-0.1, -0.05) is 24.3 Å². The predicted octanol–water partition coefficient (Wildman–Crippen LogP) is 5.82. The van der Waals surface area contributed by atoms with Gasteiger partial charge in [-0.3, -0.25) is 0 Å². The summed E-state index contributed by atoms with van der Waals surface area (Å²) < 4.78 is 39.7. The molecule has 0 radical (unpaired) electrons. The lowest BCUT2D eigenvalue weighted by atomic mass is 9.94. The number of methoxy groups -OCH3 is 2. The summed E-state index contributed by atoms with van der Waals surface area (Å²) in [5, 5.41) is 20.0. The van der Waals surface area contributed by atoms with Crippen LogP contribution in [0.1, 0.15) is 27.0 Å². The molecule has 2 aliphatic rings. The molecule has 230 valence electrons. The van der Waals surface area contributed by atoms with E-state index < -0.39 is 11.9 Å². The molecule has 0 saturated heterocycles. The monoisotopic (exact) mass is 612 g/mol. The van der Waals surface area contributed by atoms with Gasteiger partial charge in [0, 0.05) is 46.4 Å². The van der Waals surface area contributed by atoms with E-state index in [9.17, 15) is 19.8 Å². The van der Waals surface area contributed by atoms with Crippen molar-refractivity contribution in [3.63, 3.8) is 0 Å². The zero-order chi connectivity index (χ0) is 31.5. The van der Waals surface area contributed by atoms with E-state index in [1.165, 1.54) is 20.3 Å². The molecule has 0 unspecified atom stereocenters. The first-order valence-corrected chi connectivity index (χ1v) is 13.8. The molecule has 0 spiro atoms. The van der Waals surface area contributed by atoms with Crippen molar-refractivity contribution >= 4 is 18.0 Å². The standard InChI is InChI=1S/C34H28O11/c1-39-23-8-9-25(28(14-23)41-16-20-5-3-4-6-24(20)34(37)38)31-19(7-10-26-32(31)45-18-42-26)11-22(33(35)36)12-21-13-29-30(44-17-43-29)15-27(21)40-2/h3-11,13-15H,12,16-18H2,1-2H3,(H,35,36)(H,37,38). The van der Waals surface area contributed by atoms with Gasteiger partial charge in [0.25, 0.3) is 0 Å². The molecule has 11 nitrogen and oxygen atoms in total. The Labute approximate surface area is 257 Å². The van der Waals surface area contributed by atoms with Gasteiger partial charge in [0.15, 0.2) is 23.0 Å². The maximum absolute atomic E-state index is 12.6. The van der Waals surface area contributed by atoms with Crippen LogP contribution in [0.15, 0.2) is 72.3 Å². The predicted molar refractivity (Wildman–Crippen MR) is 161 cm³/mol. The smallest absolute Gasteiger partial charge is 0.336 e. The fraction of sp³-hybridized carbons (Fsp3) is 0.176. The quantitative estimate of drug-likeness (QED) is 0.198. The van der Waals surface area contributed by atoms with Crippen LogP contribution in [0.4, 0.5) is 0 Å². The molecule has 0 atom stereocenters. The molecule has 45 heavy (non-hydrogen) atoms. The van der Waals surface area contributed by atoms with Gasteiger partial charge in [-0.15, -0.1) is 0 Å². The summed E-state index contributed by atoms with van der Waals surface area (Å²) >= 11 is 0.